The first kappa shape index (κ1) is 10.2. The summed E-state index contributed by atoms with van der Waals surface area (Å²) in [4.78, 5) is 23.1. The van der Waals surface area contributed by atoms with E-state index in [0.717, 1.165) is 0 Å². The highest BCUT2D eigenvalue weighted by Gasteiger charge is 2.53. The van der Waals surface area contributed by atoms with Crippen molar-refractivity contribution in [2.75, 3.05) is 7.11 Å². The Balaban J connectivity index is 3.00. The number of Topliss-reactive ketones (excluding diaryl/α,β-unsaturated/α-hetero) is 1. The van der Waals surface area contributed by atoms with Gasteiger partial charge in [0.15, 0.2) is 0 Å². The highest BCUT2D eigenvalue weighted by Crippen LogP contribution is 2.44. The SMILES string of the molecule is COC(=O)[C@]1(C)C(=O)C[C@@H](C)[C@H]1C. The number of hydrogen-bond acceptors (Lipinski definition) is 3. The second kappa shape index (κ2) is 3.13. The van der Waals surface area contributed by atoms with Crippen molar-refractivity contribution < 1.29 is 14.3 Å². The zero-order chi connectivity index (χ0) is 10.2. The van der Waals surface area contributed by atoms with Gasteiger partial charge in [0.1, 0.15) is 11.2 Å². The summed E-state index contributed by atoms with van der Waals surface area (Å²) < 4.78 is 4.67. The minimum Gasteiger partial charge on any atom is -0.468 e. The molecule has 3 heteroatoms. The molecule has 0 heterocycles. The summed E-state index contributed by atoms with van der Waals surface area (Å²) in [7, 11) is 1.33. The van der Waals surface area contributed by atoms with Crippen LogP contribution in [-0.4, -0.2) is 18.9 Å². The molecule has 0 bridgehead atoms. The number of carbonyl (C=O) groups excluding carboxylic acids is 2. The molecular weight excluding hydrogens is 168 g/mol. The van der Waals surface area contributed by atoms with E-state index in [9.17, 15) is 9.59 Å². The first-order valence-electron chi connectivity index (χ1n) is 4.56. The van der Waals surface area contributed by atoms with Crippen molar-refractivity contribution in [1.29, 1.82) is 0 Å². The van der Waals surface area contributed by atoms with Crippen LogP contribution in [0.3, 0.4) is 0 Å². The molecular formula is C10H16O3. The van der Waals surface area contributed by atoms with Gasteiger partial charge < -0.3 is 4.74 Å². The fraction of sp³-hybridized carbons (Fsp3) is 0.800. The summed E-state index contributed by atoms with van der Waals surface area (Å²) in [5.41, 5.74) is -0.909. The molecule has 74 valence electrons. The fourth-order valence-corrected chi connectivity index (χ4v) is 2.02. The predicted molar refractivity (Wildman–Crippen MR) is 48.1 cm³/mol. The first-order chi connectivity index (χ1) is 5.94. The lowest BCUT2D eigenvalue weighted by Crippen LogP contribution is -2.38. The van der Waals surface area contributed by atoms with Crippen LogP contribution in [0.4, 0.5) is 0 Å². The van der Waals surface area contributed by atoms with Gasteiger partial charge in [0.05, 0.1) is 7.11 Å². The highest BCUT2D eigenvalue weighted by atomic mass is 16.5. The van der Waals surface area contributed by atoms with Crippen molar-refractivity contribution in [2.45, 2.75) is 27.2 Å². The summed E-state index contributed by atoms with van der Waals surface area (Å²) >= 11 is 0. The van der Waals surface area contributed by atoms with Gasteiger partial charge in [-0.15, -0.1) is 0 Å². The Morgan fingerprint density at radius 3 is 2.38 bits per heavy atom. The quantitative estimate of drug-likeness (QED) is 0.457. The molecule has 0 aromatic rings. The second-order valence-corrected chi connectivity index (χ2v) is 4.09. The molecule has 0 aromatic heterocycles. The number of methoxy groups -OCH3 is 1. The second-order valence-electron chi connectivity index (χ2n) is 4.09. The third-order valence-electron chi connectivity index (χ3n) is 3.46. The summed E-state index contributed by atoms with van der Waals surface area (Å²) in [5, 5.41) is 0. The van der Waals surface area contributed by atoms with Crippen LogP contribution in [0.1, 0.15) is 27.2 Å². The van der Waals surface area contributed by atoms with Crippen LogP contribution in [0.2, 0.25) is 0 Å². The van der Waals surface area contributed by atoms with E-state index in [2.05, 4.69) is 4.74 Å². The molecule has 13 heavy (non-hydrogen) atoms. The monoisotopic (exact) mass is 184 g/mol. The lowest BCUT2D eigenvalue weighted by atomic mass is 9.78. The van der Waals surface area contributed by atoms with Gasteiger partial charge in [-0.05, 0) is 18.8 Å². The molecule has 3 nitrogen and oxygen atoms in total. The average Bonchev–Trinajstić information content (AvgIpc) is 2.30. The molecule has 0 aromatic carbocycles. The Kier molecular flexibility index (Phi) is 2.46. The number of ketones is 1. The van der Waals surface area contributed by atoms with E-state index in [1.54, 1.807) is 6.92 Å². The van der Waals surface area contributed by atoms with Crippen LogP contribution in [0.5, 0.6) is 0 Å². The van der Waals surface area contributed by atoms with Gasteiger partial charge in [0, 0.05) is 6.42 Å². The lowest BCUT2D eigenvalue weighted by molar-refractivity contribution is -0.157. The third-order valence-corrected chi connectivity index (χ3v) is 3.46. The highest BCUT2D eigenvalue weighted by molar-refractivity contribution is 6.05. The van der Waals surface area contributed by atoms with Crippen molar-refractivity contribution in [3.05, 3.63) is 0 Å². The standard InChI is InChI=1S/C10H16O3/c1-6-5-8(11)10(3,7(6)2)9(12)13-4/h6-7H,5H2,1-4H3/t6-,7-,10+/m1/s1. The van der Waals surface area contributed by atoms with Crippen molar-refractivity contribution >= 4 is 11.8 Å². The Labute approximate surface area is 78.5 Å². The van der Waals surface area contributed by atoms with Crippen LogP contribution >= 0.6 is 0 Å². The molecule has 1 rings (SSSR count). The van der Waals surface area contributed by atoms with Crippen LogP contribution < -0.4 is 0 Å². The Morgan fingerprint density at radius 1 is 1.54 bits per heavy atom. The van der Waals surface area contributed by atoms with E-state index < -0.39 is 11.4 Å². The third kappa shape index (κ3) is 1.26. The Bertz CT molecular complexity index is 237. The van der Waals surface area contributed by atoms with E-state index in [1.807, 2.05) is 13.8 Å². The average molecular weight is 184 g/mol. The van der Waals surface area contributed by atoms with Gasteiger partial charge in [-0.3, -0.25) is 9.59 Å². The molecule has 1 aliphatic carbocycles. The van der Waals surface area contributed by atoms with Gasteiger partial charge in [-0.2, -0.15) is 0 Å². The number of rotatable bonds is 1. The molecule has 1 saturated carbocycles. The van der Waals surface area contributed by atoms with Crippen LogP contribution in [0.15, 0.2) is 0 Å². The van der Waals surface area contributed by atoms with Gasteiger partial charge in [0.2, 0.25) is 0 Å². The molecule has 1 aliphatic rings. The molecule has 3 atom stereocenters. The summed E-state index contributed by atoms with van der Waals surface area (Å²) in [6, 6.07) is 0. The first-order valence-corrected chi connectivity index (χ1v) is 4.56. The molecule has 0 N–H and O–H groups in total. The fourth-order valence-electron chi connectivity index (χ4n) is 2.02. The van der Waals surface area contributed by atoms with Crippen molar-refractivity contribution in [3.63, 3.8) is 0 Å². The molecule has 0 saturated heterocycles. The van der Waals surface area contributed by atoms with E-state index in [1.165, 1.54) is 7.11 Å². The van der Waals surface area contributed by atoms with E-state index in [4.69, 9.17) is 0 Å². The molecule has 1 fully saturated rings. The predicted octanol–water partition coefficient (Wildman–Crippen LogP) is 1.41. The number of esters is 1. The van der Waals surface area contributed by atoms with Crippen LogP contribution in [0, 0.1) is 17.3 Å². The number of ether oxygens (including phenoxy) is 1. The number of carbonyl (C=O) groups is 2. The minimum absolute atomic E-state index is 0.0133. The normalized spacial score (nSPS) is 39.2. The van der Waals surface area contributed by atoms with Crippen molar-refractivity contribution in [2.24, 2.45) is 17.3 Å². The van der Waals surface area contributed by atoms with Gasteiger partial charge in [-0.1, -0.05) is 13.8 Å². The molecule has 0 amide bonds. The zero-order valence-electron chi connectivity index (χ0n) is 8.59. The van der Waals surface area contributed by atoms with Crippen molar-refractivity contribution in [1.82, 2.24) is 0 Å². The van der Waals surface area contributed by atoms with E-state index in [-0.39, 0.29) is 17.6 Å². The molecule has 0 unspecified atom stereocenters. The lowest BCUT2D eigenvalue weighted by Gasteiger charge is -2.25. The maximum Gasteiger partial charge on any atom is 0.319 e. The molecule has 0 spiro atoms. The Hall–Kier alpha value is -0.860. The summed E-state index contributed by atoms with van der Waals surface area (Å²) in [6.07, 6.45) is 0.493. The van der Waals surface area contributed by atoms with Gasteiger partial charge >= 0.3 is 5.97 Å². The summed E-state index contributed by atoms with van der Waals surface area (Å²) in [5.74, 6) is -0.0299. The Morgan fingerprint density at radius 2 is 2.08 bits per heavy atom. The summed E-state index contributed by atoms with van der Waals surface area (Å²) in [6.45, 7) is 5.62. The van der Waals surface area contributed by atoms with Gasteiger partial charge in [0.25, 0.3) is 0 Å². The molecule has 0 aliphatic heterocycles. The smallest absolute Gasteiger partial charge is 0.319 e. The molecule has 0 radical (unpaired) electrons. The maximum atomic E-state index is 11.6. The van der Waals surface area contributed by atoms with E-state index in [0.29, 0.717) is 6.42 Å². The van der Waals surface area contributed by atoms with Crippen LogP contribution in [0.25, 0.3) is 0 Å². The van der Waals surface area contributed by atoms with Gasteiger partial charge in [-0.25, -0.2) is 0 Å². The topological polar surface area (TPSA) is 43.4 Å². The van der Waals surface area contributed by atoms with Crippen molar-refractivity contribution in [3.8, 4) is 0 Å². The largest absolute Gasteiger partial charge is 0.468 e. The number of hydrogen-bond donors (Lipinski definition) is 0. The van der Waals surface area contributed by atoms with Crippen LogP contribution in [-0.2, 0) is 14.3 Å². The minimum atomic E-state index is -0.909. The zero-order valence-corrected chi connectivity index (χ0v) is 8.59. The van der Waals surface area contributed by atoms with E-state index >= 15 is 0 Å². The maximum absolute atomic E-state index is 11.6.